The number of furan rings is 1. The van der Waals surface area contributed by atoms with Gasteiger partial charge in [0.25, 0.3) is 0 Å². The zero-order valence-corrected chi connectivity index (χ0v) is 11.7. The van der Waals surface area contributed by atoms with Crippen LogP contribution in [0, 0.1) is 0 Å². The SMILES string of the molecule is O=C(O)c1ccc(COc2ccccc2NCC(O)CO)o1. The molecule has 22 heavy (non-hydrogen) atoms. The number of carboxylic acid groups (broad SMARTS) is 1. The van der Waals surface area contributed by atoms with Crippen molar-refractivity contribution in [3.63, 3.8) is 0 Å². The fourth-order valence-corrected chi connectivity index (χ4v) is 1.75. The summed E-state index contributed by atoms with van der Waals surface area (Å²) in [5.41, 5.74) is 0.653. The maximum absolute atomic E-state index is 10.7. The van der Waals surface area contributed by atoms with E-state index in [0.29, 0.717) is 17.2 Å². The van der Waals surface area contributed by atoms with Gasteiger partial charge in [-0.3, -0.25) is 0 Å². The molecule has 0 saturated heterocycles. The Balaban J connectivity index is 1.98. The first-order valence-electron chi connectivity index (χ1n) is 6.66. The third-order valence-electron chi connectivity index (χ3n) is 2.87. The summed E-state index contributed by atoms with van der Waals surface area (Å²) in [7, 11) is 0. The molecule has 0 bridgehead atoms. The third-order valence-corrected chi connectivity index (χ3v) is 2.87. The number of carbonyl (C=O) groups is 1. The van der Waals surface area contributed by atoms with Crippen LogP contribution in [0.5, 0.6) is 5.75 Å². The van der Waals surface area contributed by atoms with Gasteiger partial charge in [0.1, 0.15) is 18.1 Å². The first-order valence-corrected chi connectivity index (χ1v) is 6.66. The van der Waals surface area contributed by atoms with Gasteiger partial charge in [0.05, 0.1) is 18.4 Å². The number of ether oxygens (including phenoxy) is 1. The van der Waals surface area contributed by atoms with Crippen molar-refractivity contribution in [3.8, 4) is 5.75 Å². The third kappa shape index (κ3) is 4.24. The number of hydrogen-bond acceptors (Lipinski definition) is 6. The van der Waals surface area contributed by atoms with E-state index in [0.717, 1.165) is 0 Å². The number of benzene rings is 1. The zero-order valence-electron chi connectivity index (χ0n) is 11.7. The van der Waals surface area contributed by atoms with Crippen molar-refractivity contribution < 1.29 is 29.3 Å². The van der Waals surface area contributed by atoms with Gasteiger partial charge in [0, 0.05) is 6.54 Å². The molecule has 2 rings (SSSR count). The maximum Gasteiger partial charge on any atom is 0.371 e. The number of hydrogen-bond donors (Lipinski definition) is 4. The minimum absolute atomic E-state index is 0.0779. The zero-order chi connectivity index (χ0) is 15.9. The fourth-order valence-electron chi connectivity index (χ4n) is 1.75. The lowest BCUT2D eigenvalue weighted by molar-refractivity contribution is 0.0658. The summed E-state index contributed by atoms with van der Waals surface area (Å²) in [6, 6.07) is 9.99. The van der Waals surface area contributed by atoms with Gasteiger partial charge in [-0.25, -0.2) is 4.79 Å². The maximum atomic E-state index is 10.7. The molecule has 0 aliphatic rings. The average Bonchev–Trinajstić information content (AvgIpc) is 3.00. The van der Waals surface area contributed by atoms with Gasteiger partial charge in [-0.1, -0.05) is 12.1 Å². The van der Waals surface area contributed by atoms with Crippen LogP contribution in [0.2, 0.25) is 0 Å². The smallest absolute Gasteiger partial charge is 0.371 e. The highest BCUT2D eigenvalue weighted by Crippen LogP contribution is 2.25. The summed E-state index contributed by atoms with van der Waals surface area (Å²) in [5.74, 6) is -0.356. The lowest BCUT2D eigenvalue weighted by Gasteiger charge is -2.14. The Morgan fingerprint density at radius 1 is 1.27 bits per heavy atom. The second-order valence-corrected chi connectivity index (χ2v) is 4.57. The van der Waals surface area contributed by atoms with E-state index in [1.54, 1.807) is 24.3 Å². The van der Waals surface area contributed by atoms with Gasteiger partial charge >= 0.3 is 5.97 Å². The predicted molar refractivity (Wildman–Crippen MR) is 78.0 cm³/mol. The van der Waals surface area contributed by atoms with Crippen LogP contribution < -0.4 is 10.1 Å². The molecule has 0 amide bonds. The number of nitrogens with one attached hydrogen (secondary N) is 1. The second kappa shape index (κ2) is 7.48. The van der Waals surface area contributed by atoms with E-state index in [-0.39, 0.29) is 25.5 Å². The molecular formula is C15H17NO6. The van der Waals surface area contributed by atoms with Crippen LogP contribution in [-0.2, 0) is 6.61 Å². The highest BCUT2D eigenvalue weighted by molar-refractivity contribution is 5.84. The molecule has 1 atom stereocenters. The number of para-hydroxylation sites is 2. The molecule has 0 spiro atoms. The molecule has 118 valence electrons. The Morgan fingerprint density at radius 2 is 2.05 bits per heavy atom. The van der Waals surface area contributed by atoms with Crippen molar-refractivity contribution in [3.05, 3.63) is 47.9 Å². The number of aliphatic hydroxyl groups is 2. The van der Waals surface area contributed by atoms with E-state index in [2.05, 4.69) is 5.32 Å². The molecule has 0 aliphatic carbocycles. The summed E-state index contributed by atoms with van der Waals surface area (Å²) in [6.07, 6.45) is -0.865. The van der Waals surface area contributed by atoms with Crippen molar-refractivity contribution in [2.24, 2.45) is 0 Å². The lowest BCUT2D eigenvalue weighted by Crippen LogP contribution is -2.23. The van der Waals surface area contributed by atoms with Crippen LogP contribution in [0.15, 0.2) is 40.8 Å². The number of aliphatic hydroxyl groups excluding tert-OH is 2. The van der Waals surface area contributed by atoms with Crippen molar-refractivity contribution in [1.82, 2.24) is 0 Å². The first-order chi connectivity index (χ1) is 10.6. The predicted octanol–water partition coefficient (Wildman–Crippen LogP) is 1.32. The normalized spacial score (nSPS) is 11.9. The second-order valence-electron chi connectivity index (χ2n) is 4.57. The topological polar surface area (TPSA) is 112 Å². The van der Waals surface area contributed by atoms with Crippen molar-refractivity contribution in [2.75, 3.05) is 18.5 Å². The van der Waals surface area contributed by atoms with Crippen LogP contribution in [-0.4, -0.2) is 40.5 Å². The molecule has 1 heterocycles. The van der Waals surface area contributed by atoms with Crippen molar-refractivity contribution >= 4 is 11.7 Å². The van der Waals surface area contributed by atoms with E-state index in [1.807, 2.05) is 0 Å². The molecular weight excluding hydrogens is 290 g/mol. The lowest BCUT2D eigenvalue weighted by atomic mass is 10.2. The van der Waals surface area contributed by atoms with E-state index in [4.69, 9.17) is 19.4 Å². The van der Waals surface area contributed by atoms with E-state index in [1.165, 1.54) is 12.1 Å². The van der Waals surface area contributed by atoms with Gasteiger partial charge < -0.3 is 29.8 Å². The molecule has 7 heteroatoms. The molecule has 0 saturated carbocycles. The minimum atomic E-state index is -1.13. The highest BCUT2D eigenvalue weighted by Gasteiger charge is 2.10. The quantitative estimate of drug-likeness (QED) is 0.582. The number of aromatic carboxylic acids is 1. The van der Waals surface area contributed by atoms with Gasteiger partial charge in [-0.2, -0.15) is 0 Å². The molecule has 0 aliphatic heterocycles. The van der Waals surface area contributed by atoms with Gasteiger partial charge in [0.15, 0.2) is 0 Å². The molecule has 2 aromatic rings. The minimum Gasteiger partial charge on any atom is -0.483 e. The molecule has 1 unspecified atom stereocenters. The van der Waals surface area contributed by atoms with Gasteiger partial charge in [-0.15, -0.1) is 0 Å². The van der Waals surface area contributed by atoms with Crippen LogP contribution >= 0.6 is 0 Å². The molecule has 0 fully saturated rings. The summed E-state index contributed by atoms with van der Waals surface area (Å²) in [4.78, 5) is 10.7. The molecule has 0 radical (unpaired) electrons. The van der Waals surface area contributed by atoms with Crippen LogP contribution in [0.25, 0.3) is 0 Å². The van der Waals surface area contributed by atoms with Crippen molar-refractivity contribution in [1.29, 1.82) is 0 Å². The Labute approximate surface area is 126 Å². The van der Waals surface area contributed by atoms with Crippen LogP contribution in [0.1, 0.15) is 16.3 Å². The molecule has 7 nitrogen and oxygen atoms in total. The highest BCUT2D eigenvalue weighted by atomic mass is 16.5. The molecule has 4 N–H and O–H groups in total. The molecule has 1 aromatic carbocycles. The Hall–Kier alpha value is -2.51. The van der Waals surface area contributed by atoms with Crippen molar-refractivity contribution in [2.45, 2.75) is 12.7 Å². The number of carboxylic acids is 1. The Morgan fingerprint density at radius 3 is 2.73 bits per heavy atom. The first kappa shape index (κ1) is 15.9. The van der Waals surface area contributed by atoms with Crippen LogP contribution in [0.3, 0.4) is 0 Å². The van der Waals surface area contributed by atoms with E-state index < -0.39 is 12.1 Å². The Kier molecular flexibility index (Phi) is 5.40. The van der Waals surface area contributed by atoms with Gasteiger partial charge in [-0.05, 0) is 24.3 Å². The van der Waals surface area contributed by atoms with E-state index >= 15 is 0 Å². The van der Waals surface area contributed by atoms with Crippen LogP contribution in [0.4, 0.5) is 5.69 Å². The summed E-state index contributed by atoms with van der Waals surface area (Å²) in [5, 5.41) is 29.9. The molecule has 1 aromatic heterocycles. The standard InChI is InChI=1S/C15H17NO6/c17-8-10(18)7-16-12-3-1-2-4-13(12)21-9-11-5-6-14(22-11)15(19)20/h1-6,10,16-18H,7-9H2,(H,19,20). The Bertz CT molecular complexity index is 624. The fraction of sp³-hybridized carbons (Fsp3) is 0.267. The largest absolute Gasteiger partial charge is 0.483 e. The monoisotopic (exact) mass is 307 g/mol. The summed E-state index contributed by atoms with van der Waals surface area (Å²) < 4.78 is 10.7. The summed E-state index contributed by atoms with van der Waals surface area (Å²) in [6.45, 7) is -0.0737. The number of anilines is 1. The van der Waals surface area contributed by atoms with Gasteiger partial charge in [0.2, 0.25) is 5.76 Å². The number of rotatable bonds is 8. The summed E-state index contributed by atoms with van der Waals surface area (Å²) >= 11 is 0. The van der Waals surface area contributed by atoms with E-state index in [9.17, 15) is 9.90 Å². The average molecular weight is 307 g/mol.